The van der Waals surface area contributed by atoms with Gasteiger partial charge in [-0.2, -0.15) is 0 Å². The van der Waals surface area contributed by atoms with Crippen LogP contribution in [0.25, 0.3) is 0 Å². The summed E-state index contributed by atoms with van der Waals surface area (Å²) in [5, 5.41) is 5.08. The second kappa shape index (κ2) is 8.10. The van der Waals surface area contributed by atoms with E-state index in [0.717, 1.165) is 0 Å². The highest BCUT2D eigenvalue weighted by Crippen LogP contribution is 2.16. The predicted molar refractivity (Wildman–Crippen MR) is 89.2 cm³/mol. The largest absolute Gasteiger partial charge is 0.494 e. The number of hydrogen-bond donors (Lipinski definition) is 2. The van der Waals surface area contributed by atoms with E-state index in [1.54, 1.807) is 43.3 Å². The van der Waals surface area contributed by atoms with E-state index in [-0.39, 0.29) is 5.82 Å². The van der Waals surface area contributed by atoms with Gasteiger partial charge in [0.25, 0.3) is 0 Å². The monoisotopic (exact) mass is 330 g/mol. The van der Waals surface area contributed by atoms with E-state index >= 15 is 0 Å². The molecular formula is C18H19FN2O3. The molecule has 0 unspecified atom stereocenters. The average Bonchev–Trinajstić information content (AvgIpc) is 2.57. The fraction of sp³-hybridized carbons (Fsp3) is 0.222. The van der Waals surface area contributed by atoms with Crippen LogP contribution in [0.3, 0.4) is 0 Å². The second-order valence-electron chi connectivity index (χ2n) is 5.16. The second-order valence-corrected chi connectivity index (χ2v) is 5.16. The Balaban J connectivity index is 1.91. The van der Waals surface area contributed by atoms with Crippen molar-refractivity contribution in [1.82, 2.24) is 5.32 Å². The first-order valence-corrected chi connectivity index (χ1v) is 7.59. The minimum Gasteiger partial charge on any atom is -0.494 e. The molecule has 0 bridgehead atoms. The number of ether oxygens (including phenoxy) is 1. The minimum absolute atomic E-state index is 0.356. The quantitative estimate of drug-likeness (QED) is 0.828. The van der Waals surface area contributed by atoms with Crippen molar-refractivity contribution in [2.24, 2.45) is 0 Å². The molecule has 2 aromatic rings. The molecule has 0 aliphatic carbocycles. The van der Waals surface area contributed by atoms with Crippen LogP contribution in [0.2, 0.25) is 0 Å². The summed E-state index contributed by atoms with van der Waals surface area (Å²) in [4.78, 5) is 23.9. The molecule has 2 N–H and O–H groups in total. The van der Waals surface area contributed by atoms with Crippen LogP contribution in [0.5, 0.6) is 5.75 Å². The molecule has 0 saturated carbocycles. The number of anilines is 1. The first kappa shape index (κ1) is 17.5. The van der Waals surface area contributed by atoms with Crippen LogP contribution in [-0.4, -0.2) is 18.4 Å². The van der Waals surface area contributed by atoms with Gasteiger partial charge in [-0.3, -0.25) is 9.59 Å². The zero-order chi connectivity index (χ0) is 17.5. The van der Waals surface area contributed by atoms with E-state index in [2.05, 4.69) is 10.6 Å². The minimum atomic E-state index is -0.770. The van der Waals surface area contributed by atoms with Crippen molar-refractivity contribution in [3.8, 4) is 5.75 Å². The van der Waals surface area contributed by atoms with Crippen LogP contribution in [0, 0.1) is 5.82 Å². The summed E-state index contributed by atoms with van der Waals surface area (Å²) in [6.45, 7) is 4.15. The number of benzene rings is 2. The molecule has 0 heterocycles. The first-order valence-electron chi connectivity index (χ1n) is 7.59. The molecule has 126 valence electrons. The van der Waals surface area contributed by atoms with E-state index in [4.69, 9.17) is 4.74 Å². The topological polar surface area (TPSA) is 67.4 Å². The normalized spacial score (nSPS) is 11.5. The van der Waals surface area contributed by atoms with Gasteiger partial charge in [0.15, 0.2) is 0 Å². The lowest BCUT2D eigenvalue weighted by Crippen LogP contribution is -2.36. The van der Waals surface area contributed by atoms with E-state index in [0.29, 0.717) is 23.6 Å². The molecule has 2 amide bonds. The van der Waals surface area contributed by atoms with Crippen LogP contribution in [0.4, 0.5) is 10.1 Å². The van der Waals surface area contributed by atoms with E-state index in [1.807, 2.05) is 6.92 Å². The molecule has 6 heteroatoms. The van der Waals surface area contributed by atoms with Gasteiger partial charge in [0.2, 0.25) is 0 Å². The molecule has 1 atom stereocenters. The van der Waals surface area contributed by atoms with E-state index in [1.165, 1.54) is 12.1 Å². The SMILES string of the molecule is CCOc1ccc(NC(=O)C(=O)N[C@@H](C)c2ccc(F)cc2)cc1. The van der Waals surface area contributed by atoms with Gasteiger partial charge >= 0.3 is 11.8 Å². The van der Waals surface area contributed by atoms with Crippen LogP contribution in [0.1, 0.15) is 25.5 Å². The highest BCUT2D eigenvalue weighted by atomic mass is 19.1. The summed E-state index contributed by atoms with van der Waals surface area (Å²) in [5.41, 5.74) is 1.20. The smallest absolute Gasteiger partial charge is 0.313 e. The molecule has 0 spiro atoms. The number of carbonyl (C=O) groups is 2. The lowest BCUT2D eigenvalue weighted by Gasteiger charge is -2.14. The molecule has 24 heavy (non-hydrogen) atoms. The summed E-state index contributed by atoms with van der Waals surface area (Å²) < 4.78 is 18.2. The summed E-state index contributed by atoms with van der Waals surface area (Å²) in [5.74, 6) is -1.20. The lowest BCUT2D eigenvalue weighted by molar-refractivity contribution is -0.136. The van der Waals surface area contributed by atoms with Crippen LogP contribution in [0.15, 0.2) is 48.5 Å². The number of rotatable bonds is 5. The highest BCUT2D eigenvalue weighted by Gasteiger charge is 2.17. The van der Waals surface area contributed by atoms with Crippen LogP contribution < -0.4 is 15.4 Å². The molecule has 2 rings (SSSR count). The van der Waals surface area contributed by atoms with Crippen molar-refractivity contribution in [2.75, 3.05) is 11.9 Å². The van der Waals surface area contributed by atoms with Gasteiger partial charge < -0.3 is 15.4 Å². The maximum absolute atomic E-state index is 12.9. The fourth-order valence-electron chi connectivity index (χ4n) is 2.09. The number of hydrogen-bond acceptors (Lipinski definition) is 3. The van der Waals surface area contributed by atoms with Crippen molar-refractivity contribution in [3.63, 3.8) is 0 Å². The lowest BCUT2D eigenvalue weighted by atomic mass is 10.1. The Kier molecular flexibility index (Phi) is 5.89. The standard InChI is InChI=1S/C18H19FN2O3/c1-3-24-16-10-8-15(9-11-16)21-18(23)17(22)20-12(2)13-4-6-14(19)7-5-13/h4-12H,3H2,1-2H3,(H,20,22)(H,21,23)/t12-/m0/s1. The van der Waals surface area contributed by atoms with E-state index in [9.17, 15) is 14.0 Å². The Hall–Kier alpha value is -2.89. The maximum Gasteiger partial charge on any atom is 0.313 e. The number of carbonyl (C=O) groups excluding carboxylic acids is 2. The van der Waals surface area contributed by atoms with Gasteiger partial charge in [0, 0.05) is 5.69 Å². The predicted octanol–water partition coefficient (Wildman–Crippen LogP) is 3.04. The zero-order valence-corrected chi connectivity index (χ0v) is 13.5. The first-order chi connectivity index (χ1) is 11.5. The molecule has 2 aromatic carbocycles. The summed E-state index contributed by atoms with van der Waals surface area (Å²) in [6, 6.07) is 12.0. The molecular weight excluding hydrogens is 311 g/mol. The van der Waals surface area contributed by atoms with Crippen molar-refractivity contribution >= 4 is 17.5 Å². The average molecular weight is 330 g/mol. The number of amides is 2. The van der Waals surface area contributed by atoms with Gasteiger partial charge in [-0.1, -0.05) is 12.1 Å². The van der Waals surface area contributed by atoms with Crippen molar-refractivity contribution in [2.45, 2.75) is 19.9 Å². The molecule has 0 fully saturated rings. The Bertz CT molecular complexity index is 699. The van der Waals surface area contributed by atoms with Gasteiger partial charge in [-0.15, -0.1) is 0 Å². The Labute approximate surface area is 139 Å². The molecule has 5 nitrogen and oxygen atoms in total. The van der Waals surface area contributed by atoms with Crippen molar-refractivity contribution in [3.05, 3.63) is 59.9 Å². The molecule has 0 aliphatic rings. The summed E-state index contributed by atoms with van der Waals surface area (Å²) in [7, 11) is 0. The molecule has 0 radical (unpaired) electrons. The van der Waals surface area contributed by atoms with Gasteiger partial charge in [-0.05, 0) is 55.8 Å². The van der Waals surface area contributed by atoms with Crippen molar-refractivity contribution < 1.29 is 18.7 Å². The third-order valence-electron chi connectivity index (χ3n) is 3.35. The zero-order valence-electron chi connectivity index (χ0n) is 13.5. The van der Waals surface area contributed by atoms with Crippen LogP contribution in [-0.2, 0) is 9.59 Å². The Morgan fingerprint density at radius 2 is 1.67 bits per heavy atom. The maximum atomic E-state index is 12.9. The molecule has 0 saturated heterocycles. The van der Waals surface area contributed by atoms with Crippen molar-refractivity contribution in [1.29, 1.82) is 0 Å². The summed E-state index contributed by atoms with van der Waals surface area (Å²) >= 11 is 0. The van der Waals surface area contributed by atoms with Crippen LogP contribution >= 0.6 is 0 Å². The number of nitrogens with one attached hydrogen (secondary N) is 2. The van der Waals surface area contributed by atoms with Gasteiger partial charge in [0.05, 0.1) is 12.6 Å². The molecule has 0 aliphatic heterocycles. The van der Waals surface area contributed by atoms with Gasteiger partial charge in [0.1, 0.15) is 11.6 Å². The Morgan fingerprint density at radius 1 is 1.04 bits per heavy atom. The molecule has 0 aromatic heterocycles. The van der Waals surface area contributed by atoms with E-state index < -0.39 is 17.9 Å². The Morgan fingerprint density at radius 3 is 2.25 bits per heavy atom. The summed E-state index contributed by atoms with van der Waals surface area (Å²) in [6.07, 6.45) is 0. The number of halogens is 1. The fourth-order valence-corrected chi connectivity index (χ4v) is 2.09. The highest BCUT2D eigenvalue weighted by molar-refractivity contribution is 6.39. The third kappa shape index (κ3) is 4.81. The third-order valence-corrected chi connectivity index (χ3v) is 3.35. The van der Waals surface area contributed by atoms with Gasteiger partial charge in [-0.25, -0.2) is 4.39 Å².